The summed E-state index contributed by atoms with van der Waals surface area (Å²) in [6.07, 6.45) is 12.8. The highest BCUT2D eigenvalue weighted by molar-refractivity contribution is 7.85. The Morgan fingerprint density at radius 3 is 1.43 bits per heavy atom. The fourth-order valence-corrected chi connectivity index (χ4v) is 6.52. The highest BCUT2D eigenvalue weighted by atomic mass is 32.2. The molecule has 0 aliphatic carbocycles. The van der Waals surface area contributed by atoms with E-state index < -0.39 is 10.1 Å². The lowest BCUT2D eigenvalue weighted by atomic mass is 9.83. The van der Waals surface area contributed by atoms with Crippen LogP contribution in [0.4, 0.5) is 0 Å². The summed E-state index contributed by atoms with van der Waals surface area (Å²) in [7, 11) is -4.38. The Kier molecular flexibility index (Phi) is 12.0. The molecule has 0 saturated heterocycles. The molecule has 0 heterocycles. The first kappa shape index (κ1) is 34.1. The minimum Gasteiger partial charge on any atom is -0.282 e. The largest absolute Gasteiger partial charge is 0.294 e. The van der Waals surface area contributed by atoms with E-state index in [0.29, 0.717) is 6.42 Å². The molecule has 1 N–H and O–H groups in total. The summed E-state index contributed by atoms with van der Waals surface area (Å²) in [6.45, 7) is 15.4. The predicted octanol–water partition coefficient (Wildman–Crippen LogP) is 11.3. The van der Waals surface area contributed by atoms with E-state index in [1.807, 2.05) is 6.07 Å². The zero-order valence-electron chi connectivity index (χ0n) is 27.2. The molecule has 0 unspecified atom stereocenters. The maximum Gasteiger partial charge on any atom is 0.294 e. The molecule has 230 valence electrons. The zero-order valence-corrected chi connectivity index (χ0v) is 28.0. The third-order valence-electron chi connectivity index (χ3n) is 8.43. The Hall–Kier alpha value is -2.43. The Morgan fingerprint density at radius 2 is 1.00 bits per heavy atom. The first-order valence-electron chi connectivity index (χ1n) is 16.1. The topological polar surface area (TPSA) is 54.4 Å². The van der Waals surface area contributed by atoms with Gasteiger partial charge in [0.25, 0.3) is 10.1 Å². The molecule has 0 fully saturated rings. The normalized spacial score (nSPS) is 12.6. The van der Waals surface area contributed by atoms with Crippen molar-refractivity contribution < 1.29 is 13.0 Å². The highest BCUT2D eigenvalue weighted by Crippen LogP contribution is 2.40. The van der Waals surface area contributed by atoms with Crippen molar-refractivity contribution in [2.75, 3.05) is 0 Å². The summed E-state index contributed by atoms with van der Waals surface area (Å²) >= 11 is 0. The Morgan fingerprint density at radius 1 is 0.571 bits per heavy atom. The lowest BCUT2D eigenvalue weighted by molar-refractivity contribution is 0.481. The quantitative estimate of drug-likeness (QED) is 0.150. The van der Waals surface area contributed by atoms with Crippen molar-refractivity contribution in [2.24, 2.45) is 0 Å². The minimum atomic E-state index is -4.38. The van der Waals surface area contributed by atoms with Gasteiger partial charge in [-0.25, -0.2) is 0 Å². The van der Waals surface area contributed by atoms with E-state index in [4.69, 9.17) is 0 Å². The second-order valence-electron chi connectivity index (χ2n) is 14.0. The van der Waals surface area contributed by atoms with Crippen molar-refractivity contribution in [3.63, 3.8) is 0 Å². The van der Waals surface area contributed by atoms with Gasteiger partial charge in [-0.15, -0.1) is 0 Å². The van der Waals surface area contributed by atoms with E-state index >= 15 is 0 Å². The van der Waals surface area contributed by atoms with Crippen molar-refractivity contribution in [1.82, 2.24) is 0 Å². The third-order valence-corrected chi connectivity index (χ3v) is 9.37. The number of hydrogen-bond acceptors (Lipinski definition) is 2. The lowest BCUT2D eigenvalue weighted by Gasteiger charge is -2.22. The Labute approximate surface area is 256 Å². The molecule has 0 aliphatic rings. The maximum absolute atomic E-state index is 12.7. The predicted molar refractivity (Wildman–Crippen MR) is 180 cm³/mol. The van der Waals surface area contributed by atoms with Gasteiger partial charge in [-0.05, 0) is 68.7 Å². The van der Waals surface area contributed by atoms with Gasteiger partial charge in [0.15, 0.2) is 0 Å². The van der Waals surface area contributed by atoms with Crippen LogP contribution in [0.2, 0.25) is 0 Å². The average Bonchev–Trinajstić information content (AvgIpc) is 2.92. The summed E-state index contributed by atoms with van der Waals surface area (Å²) in [5, 5.41) is 0. The highest BCUT2D eigenvalue weighted by Gasteiger charge is 2.24. The average molecular weight is 591 g/mol. The molecular weight excluding hydrogens is 536 g/mol. The molecule has 0 spiro atoms. The molecule has 3 aromatic carbocycles. The van der Waals surface area contributed by atoms with E-state index in [9.17, 15) is 13.0 Å². The first-order valence-corrected chi connectivity index (χ1v) is 17.5. The minimum absolute atomic E-state index is 0.0132. The number of hydrogen-bond donors (Lipinski definition) is 1. The fraction of sp³-hybridized carbons (Fsp3) is 0.526. The summed E-state index contributed by atoms with van der Waals surface area (Å²) in [5.74, 6) is 0. The lowest BCUT2D eigenvalue weighted by Crippen LogP contribution is -2.11. The first-order chi connectivity index (χ1) is 19.7. The standard InChI is InChI=1S/C38H54O3S/c1-8-9-10-11-12-13-14-15-16-17-18-34-35(42(39,40)41)28-27-33(29-19-23-31(24-20-29)37(2,3)4)36(34)30-21-25-32(26-22-30)38(5,6)7/h19-28H,8-18H2,1-7H3,(H,39,40,41). The van der Waals surface area contributed by atoms with Gasteiger partial charge in [-0.3, -0.25) is 4.55 Å². The van der Waals surface area contributed by atoms with Crippen LogP contribution in [-0.2, 0) is 27.4 Å². The Bertz CT molecular complexity index is 1370. The second-order valence-corrected chi connectivity index (χ2v) is 15.4. The van der Waals surface area contributed by atoms with Crippen molar-refractivity contribution >= 4 is 10.1 Å². The molecule has 0 aromatic heterocycles. The molecule has 0 saturated carbocycles. The van der Waals surface area contributed by atoms with E-state index in [1.54, 1.807) is 6.07 Å². The van der Waals surface area contributed by atoms with Crippen LogP contribution in [0.15, 0.2) is 65.6 Å². The van der Waals surface area contributed by atoms with Crippen molar-refractivity contribution in [3.8, 4) is 22.3 Å². The third kappa shape index (κ3) is 9.54. The number of rotatable bonds is 14. The van der Waals surface area contributed by atoms with Gasteiger partial charge in [0.1, 0.15) is 0 Å². The van der Waals surface area contributed by atoms with Gasteiger partial charge in [0, 0.05) is 0 Å². The van der Waals surface area contributed by atoms with E-state index in [-0.39, 0.29) is 15.7 Å². The Balaban J connectivity index is 1.99. The van der Waals surface area contributed by atoms with Gasteiger partial charge >= 0.3 is 0 Å². The van der Waals surface area contributed by atoms with E-state index in [2.05, 4.69) is 97.0 Å². The van der Waals surface area contributed by atoms with Crippen molar-refractivity contribution in [3.05, 3.63) is 77.4 Å². The van der Waals surface area contributed by atoms with Crippen LogP contribution in [0.5, 0.6) is 0 Å². The van der Waals surface area contributed by atoms with Crippen LogP contribution in [-0.4, -0.2) is 13.0 Å². The van der Waals surface area contributed by atoms with Crippen molar-refractivity contribution in [2.45, 2.75) is 135 Å². The number of unbranched alkanes of at least 4 members (excludes halogenated alkanes) is 9. The molecule has 4 heteroatoms. The molecule has 3 aromatic rings. The fourth-order valence-electron chi connectivity index (χ4n) is 5.76. The molecule has 42 heavy (non-hydrogen) atoms. The van der Waals surface area contributed by atoms with E-state index in [1.165, 1.54) is 56.1 Å². The van der Waals surface area contributed by atoms with Crippen molar-refractivity contribution in [1.29, 1.82) is 0 Å². The summed E-state index contributed by atoms with van der Waals surface area (Å²) in [5.41, 5.74) is 7.18. The molecular formula is C38H54O3S. The van der Waals surface area contributed by atoms with Crippen LogP contribution < -0.4 is 0 Å². The van der Waals surface area contributed by atoms with Crippen LogP contribution in [0, 0.1) is 0 Å². The smallest absolute Gasteiger partial charge is 0.282 e. The maximum atomic E-state index is 12.7. The van der Waals surface area contributed by atoms with Crippen LogP contribution in [0.25, 0.3) is 22.3 Å². The van der Waals surface area contributed by atoms with Crippen LogP contribution in [0.1, 0.15) is 129 Å². The van der Waals surface area contributed by atoms with Crippen LogP contribution >= 0.6 is 0 Å². The van der Waals surface area contributed by atoms with Crippen LogP contribution in [0.3, 0.4) is 0 Å². The molecule has 0 amide bonds. The molecule has 0 bridgehead atoms. The summed E-state index contributed by atoms with van der Waals surface area (Å²) in [6, 6.07) is 20.6. The molecule has 0 aliphatic heterocycles. The summed E-state index contributed by atoms with van der Waals surface area (Å²) in [4.78, 5) is 0.0309. The van der Waals surface area contributed by atoms with Gasteiger partial charge in [0.05, 0.1) is 4.90 Å². The second kappa shape index (κ2) is 14.8. The molecule has 3 nitrogen and oxygen atoms in total. The monoisotopic (exact) mass is 590 g/mol. The summed E-state index contributed by atoms with van der Waals surface area (Å²) < 4.78 is 35.6. The SMILES string of the molecule is CCCCCCCCCCCCc1c(S(=O)(=O)O)ccc(-c2ccc(C(C)(C)C)cc2)c1-c1ccc(C(C)(C)C)cc1. The van der Waals surface area contributed by atoms with Gasteiger partial charge < -0.3 is 0 Å². The zero-order chi connectivity index (χ0) is 31.0. The van der Waals surface area contributed by atoms with Gasteiger partial charge in [-0.2, -0.15) is 8.42 Å². The van der Waals surface area contributed by atoms with E-state index in [0.717, 1.165) is 47.1 Å². The molecule has 3 rings (SSSR count). The van der Waals surface area contributed by atoms with Gasteiger partial charge in [-0.1, -0.05) is 161 Å². The van der Waals surface area contributed by atoms with Gasteiger partial charge in [0.2, 0.25) is 0 Å². The number of benzene rings is 3. The molecule has 0 atom stereocenters. The molecule has 0 radical (unpaired) electrons.